The van der Waals surface area contributed by atoms with Gasteiger partial charge in [-0.05, 0) is 81.8 Å². The van der Waals surface area contributed by atoms with Gasteiger partial charge in [-0.2, -0.15) is 0 Å². The molecule has 0 aliphatic carbocycles. The van der Waals surface area contributed by atoms with Crippen molar-refractivity contribution in [2.45, 2.75) is 63.6 Å². The number of hydrogen-bond donors (Lipinski definition) is 2. The van der Waals surface area contributed by atoms with Crippen molar-refractivity contribution in [2.24, 2.45) is 5.92 Å². The van der Waals surface area contributed by atoms with Gasteiger partial charge in [0.05, 0.1) is 12.5 Å². The Morgan fingerprint density at radius 2 is 1.94 bits per heavy atom. The number of fused-ring (bicyclic) bond motifs is 2. The third kappa shape index (κ3) is 5.18. The van der Waals surface area contributed by atoms with E-state index in [-0.39, 0.29) is 11.9 Å². The largest absolute Gasteiger partial charge is 0.488 e. The van der Waals surface area contributed by atoms with Crippen LogP contribution in [0.4, 0.5) is 0 Å². The van der Waals surface area contributed by atoms with E-state index in [2.05, 4.69) is 20.1 Å². The Bertz CT molecular complexity index is 1150. The first-order chi connectivity index (χ1) is 17.7. The van der Waals surface area contributed by atoms with Crippen LogP contribution in [-0.2, 0) is 6.61 Å². The van der Waals surface area contributed by atoms with Crippen LogP contribution in [0.1, 0.15) is 61.0 Å². The summed E-state index contributed by atoms with van der Waals surface area (Å²) in [6, 6.07) is 10.7. The molecule has 192 valence electrons. The maximum absolute atomic E-state index is 13.1. The highest BCUT2D eigenvalue weighted by Crippen LogP contribution is 2.32. The van der Waals surface area contributed by atoms with Crippen molar-refractivity contribution in [3.8, 4) is 5.75 Å². The molecule has 36 heavy (non-hydrogen) atoms. The number of furan rings is 1. The third-order valence-electron chi connectivity index (χ3n) is 8.49. The van der Waals surface area contributed by atoms with Crippen molar-refractivity contribution in [2.75, 3.05) is 32.7 Å². The minimum absolute atomic E-state index is 0.0319. The van der Waals surface area contributed by atoms with Crippen LogP contribution in [0.2, 0.25) is 0 Å². The van der Waals surface area contributed by atoms with Crippen molar-refractivity contribution in [3.63, 3.8) is 0 Å². The molecule has 2 aromatic heterocycles. The Labute approximate surface area is 213 Å². The highest BCUT2D eigenvalue weighted by atomic mass is 16.5. The number of likely N-dealkylation sites (tertiary alicyclic amines) is 1. The van der Waals surface area contributed by atoms with Gasteiger partial charge in [-0.1, -0.05) is 12.5 Å². The van der Waals surface area contributed by atoms with Gasteiger partial charge in [0.15, 0.2) is 0 Å². The van der Waals surface area contributed by atoms with Crippen LogP contribution in [0, 0.1) is 5.92 Å². The zero-order valence-electron chi connectivity index (χ0n) is 21.1. The molecule has 7 heteroatoms. The van der Waals surface area contributed by atoms with Gasteiger partial charge in [0.1, 0.15) is 18.1 Å². The van der Waals surface area contributed by atoms with Crippen LogP contribution < -0.4 is 10.1 Å². The lowest BCUT2D eigenvalue weighted by Crippen LogP contribution is -2.52. The molecule has 2 atom stereocenters. The maximum Gasteiger partial charge on any atom is 0.267 e. The molecule has 0 bridgehead atoms. The first kappa shape index (κ1) is 23.6. The SMILES string of the molecule is O=C(NC1CCN(C[C@@H]2CCCN3CCCC[C@H]23)CC1)c1cc2c(OCc3ccoc3)cccc2[nH]1. The summed E-state index contributed by atoms with van der Waals surface area (Å²) in [5.74, 6) is 1.55. The average molecular weight is 491 g/mol. The molecular formula is C29H38N4O3. The smallest absolute Gasteiger partial charge is 0.267 e. The molecule has 0 saturated carbocycles. The van der Waals surface area contributed by atoms with Gasteiger partial charge in [0.2, 0.25) is 0 Å². The van der Waals surface area contributed by atoms with Gasteiger partial charge in [-0.15, -0.1) is 0 Å². The van der Waals surface area contributed by atoms with Crippen LogP contribution in [0.15, 0.2) is 47.3 Å². The number of carbonyl (C=O) groups excluding carboxylic acids is 1. The molecule has 7 nitrogen and oxygen atoms in total. The molecule has 1 amide bonds. The van der Waals surface area contributed by atoms with E-state index in [0.29, 0.717) is 12.3 Å². The van der Waals surface area contributed by atoms with E-state index in [9.17, 15) is 4.79 Å². The van der Waals surface area contributed by atoms with E-state index in [0.717, 1.165) is 60.1 Å². The van der Waals surface area contributed by atoms with Crippen LogP contribution in [0.5, 0.6) is 5.75 Å². The summed E-state index contributed by atoms with van der Waals surface area (Å²) in [5.41, 5.74) is 2.47. The van der Waals surface area contributed by atoms with Gasteiger partial charge in [0.25, 0.3) is 5.91 Å². The predicted octanol–water partition coefficient (Wildman–Crippen LogP) is 4.80. The molecule has 3 aliphatic heterocycles. The molecule has 3 saturated heterocycles. The molecule has 1 aromatic carbocycles. The zero-order chi connectivity index (χ0) is 24.3. The summed E-state index contributed by atoms with van der Waals surface area (Å²) in [7, 11) is 0. The number of benzene rings is 1. The van der Waals surface area contributed by atoms with Crippen LogP contribution >= 0.6 is 0 Å². The van der Waals surface area contributed by atoms with E-state index in [1.165, 1.54) is 51.7 Å². The van der Waals surface area contributed by atoms with Crippen LogP contribution in [-0.4, -0.2) is 65.5 Å². The molecule has 3 aliphatic rings. The lowest BCUT2D eigenvalue weighted by molar-refractivity contribution is 0.0351. The number of rotatable bonds is 7. The Kier molecular flexibility index (Phi) is 7.01. The van der Waals surface area contributed by atoms with Crippen LogP contribution in [0.3, 0.4) is 0 Å². The molecule has 2 N–H and O–H groups in total. The highest BCUT2D eigenvalue weighted by Gasteiger charge is 2.34. The number of hydrogen-bond acceptors (Lipinski definition) is 5. The number of aromatic amines is 1. The number of nitrogens with zero attached hydrogens (tertiary/aromatic N) is 2. The standard InChI is InChI=1S/C29H38N4O3/c34-29(26-17-24-25(31-26)6-3-8-28(24)36-20-21-11-16-35-19-21)30-23-9-14-32(15-10-23)18-22-5-4-13-33-12-2-1-7-27(22)33/h3,6,8,11,16-17,19,22-23,27,31H,1-2,4-5,7,9-10,12-15,18,20H2,(H,30,34)/t22-,27+/m0/s1. The summed E-state index contributed by atoms with van der Waals surface area (Å²) in [4.78, 5) is 21.8. The molecular weight excluding hydrogens is 452 g/mol. The minimum atomic E-state index is -0.0319. The van der Waals surface area contributed by atoms with E-state index >= 15 is 0 Å². The van der Waals surface area contributed by atoms with Gasteiger partial charge in [0, 0.05) is 48.2 Å². The van der Waals surface area contributed by atoms with E-state index in [1.54, 1.807) is 12.5 Å². The summed E-state index contributed by atoms with van der Waals surface area (Å²) in [6.07, 6.45) is 12.3. The number of amides is 1. The average Bonchev–Trinajstić information content (AvgIpc) is 3.59. The van der Waals surface area contributed by atoms with Crippen LogP contribution in [0.25, 0.3) is 10.9 Å². The van der Waals surface area contributed by atoms with Gasteiger partial charge in [-0.25, -0.2) is 0 Å². The fourth-order valence-electron chi connectivity index (χ4n) is 6.56. The monoisotopic (exact) mass is 490 g/mol. The van der Waals surface area contributed by atoms with E-state index in [4.69, 9.17) is 9.15 Å². The molecule has 0 spiro atoms. The molecule has 3 aromatic rings. The number of nitrogens with one attached hydrogen (secondary N) is 2. The van der Waals surface area contributed by atoms with Gasteiger partial charge < -0.3 is 29.3 Å². The van der Waals surface area contributed by atoms with Crippen molar-refractivity contribution < 1.29 is 13.9 Å². The Morgan fingerprint density at radius 1 is 1.06 bits per heavy atom. The second kappa shape index (κ2) is 10.7. The quantitative estimate of drug-likeness (QED) is 0.498. The predicted molar refractivity (Wildman–Crippen MR) is 140 cm³/mol. The van der Waals surface area contributed by atoms with Crippen molar-refractivity contribution >= 4 is 16.8 Å². The number of aromatic nitrogens is 1. The lowest BCUT2D eigenvalue weighted by Gasteiger charge is -2.46. The zero-order valence-corrected chi connectivity index (χ0v) is 21.1. The summed E-state index contributed by atoms with van der Waals surface area (Å²) in [6.45, 7) is 6.42. The molecule has 0 unspecified atom stereocenters. The number of piperidine rings is 3. The van der Waals surface area contributed by atoms with Gasteiger partial charge >= 0.3 is 0 Å². The summed E-state index contributed by atoms with van der Waals surface area (Å²) < 4.78 is 11.1. The molecule has 3 fully saturated rings. The second-order valence-corrected chi connectivity index (χ2v) is 10.9. The van der Waals surface area contributed by atoms with Crippen molar-refractivity contribution in [1.82, 2.24) is 20.1 Å². The normalized spacial score (nSPS) is 24.0. The topological polar surface area (TPSA) is 73.7 Å². The van der Waals surface area contributed by atoms with Crippen molar-refractivity contribution in [1.29, 1.82) is 0 Å². The first-order valence-electron chi connectivity index (χ1n) is 13.8. The fourth-order valence-corrected chi connectivity index (χ4v) is 6.56. The van der Waals surface area contributed by atoms with E-state index in [1.807, 2.05) is 30.3 Å². The third-order valence-corrected chi connectivity index (χ3v) is 8.49. The molecule has 0 radical (unpaired) electrons. The number of ether oxygens (including phenoxy) is 1. The summed E-state index contributed by atoms with van der Waals surface area (Å²) in [5, 5.41) is 4.20. The Balaban J connectivity index is 1.02. The first-order valence-corrected chi connectivity index (χ1v) is 13.8. The van der Waals surface area contributed by atoms with Gasteiger partial charge in [-0.3, -0.25) is 4.79 Å². The molecule has 5 heterocycles. The van der Waals surface area contributed by atoms with E-state index < -0.39 is 0 Å². The Morgan fingerprint density at radius 3 is 2.81 bits per heavy atom. The minimum Gasteiger partial charge on any atom is -0.488 e. The number of H-pyrrole nitrogens is 1. The highest BCUT2D eigenvalue weighted by molar-refractivity contribution is 5.99. The fraction of sp³-hybridized carbons (Fsp3) is 0.552. The lowest BCUT2D eigenvalue weighted by atomic mass is 9.83. The second-order valence-electron chi connectivity index (χ2n) is 10.9. The summed E-state index contributed by atoms with van der Waals surface area (Å²) >= 11 is 0. The molecule has 6 rings (SSSR count). The Hall–Kier alpha value is -2.77. The maximum atomic E-state index is 13.1. The number of carbonyl (C=O) groups is 1. The van der Waals surface area contributed by atoms with Crippen molar-refractivity contribution in [3.05, 3.63) is 54.1 Å².